The first-order valence-corrected chi connectivity index (χ1v) is 14.1. The van der Waals surface area contributed by atoms with Crippen LogP contribution in [0.15, 0.2) is 93.9 Å². The molecule has 0 fully saturated rings. The van der Waals surface area contributed by atoms with Crippen molar-refractivity contribution in [2.24, 2.45) is 0 Å². The number of nitrogens with zero attached hydrogens (tertiary/aromatic N) is 2. The van der Waals surface area contributed by atoms with Crippen LogP contribution in [0.5, 0.6) is 5.75 Å². The van der Waals surface area contributed by atoms with Gasteiger partial charge in [0, 0.05) is 10.9 Å². The minimum absolute atomic E-state index is 0.0133. The van der Waals surface area contributed by atoms with E-state index < -0.39 is 39.6 Å². The summed E-state index contributed by atoms with van der Waals surface area (Å²) < 4.78 is 79.9. The molecule has 13 heteroatoms. The van der Waals surface area contributed by atoms with Crippen LogP contribution in [-0.2, 0) is 21.8 Å². The summed E-state index contributed by atoms with van der Waals surface area (Å²) in [7, 11) is -3.69. The van der Waals surface area contributed by atoms with Crippen molar-refractivity contribution in [2.75, 3.05) is 12.4 Å². The predicted octanol–water partition coefficient (Wildman–Crippen LogP) is 5.29. The first kappa shape index (κ1) is 27.9. The summed E-state index contributed by atoms with van der Waals surface area (Å²) >= 11 is 0. The van der Waals surface area contributed by atoms with Crippen molar-refractivity contribution in [3.8, 4) is 17.1 Å². The van der Waals surface area contributed by atoms with E-state index >= 15 is 0 Å². The number of halogens is 3. The van der Waals surface area contributed by atoms with E-state index in [1.54, 1.807) is 60.7 Å². The van der Waals surface area contributed by atoms with Gasteiger partial charge >= 0.3 is 12.1 Å². The second-order valence-electron chi connectivity index (χ2n) is 9.12. The number of carbonyl (C=O) groups is 1. The topological polar surface area (TPSA) is 125 Å². The smallest absolute Gasteiger partial charge is 0.471 e. The van der Waals surface area contributed by atoms with E-state index in [9.17, 15) is 26.4 Å². The average molecular weight is 586 g/mol. The fourth-order valence-corrected chi connectivity index (χ4v) is 5.64. The van der Waals surface area contributed by atoms with Crippen LogP contribution in [0.4, 0.5) is 13.2 Å². The van der Waals surface area contributed by atoms with Crippen LogP contribution in [0.1, 0.15) is 22.0 Å². The van der Waals surface area contributed by atoms with Crippen molar-refractivity contribution in [3.05, 3.63) is 102 Å². The van der Waals surface area contributed by atoms with Gasteiger partial charge in [-0.25, -0.2) is 8.42 Å². The second-order valence-corrected chi connectivity index (χ2v) is 11.2. The maximum absolute atomic E-state index is 13.0. The number of alkyl halides is 3. The second kappa shape index (κ2) is 11.5. The molecule has 0 aliphatic carbocycles. The van der Waals surface area contributed by atoms with Crippen LogP contribution >= 0.6 is 0 Å². The van der Waals surface area contributed by atoms with Gasteiger partial charge in [0.15, 0.2) is 15.6 Å². The highest BCUT2D eigenvalue weighted by Gasteiger charge is 2.38. The molecule has 5 aromatic rings. The third-order valence-corrected chi connectivity index (χ3v) is 7.58. The molecule has 5 rings (SSSR count). The molecule has 1 amide bonds. The van der Waals surface area contributed by atoms with Gasteiger partial charge in [-0.05, 0) is 42.0 Å². The summed E-state index contributed by atoms with van der Waals surface area (Å²) in [4.78, 5) is 16.3. The number of benzene rings is 3. The number of nitrogens with one attached hydrogen (secondary N) is 1. The molecule has 212 valence electrons. The van der Waals surface area contributed by atoms with Crippen LogP contribution in [-0.4, -0.2) is 42.9 Å². The lowest BCUT2D eigenvalue weighted by molar-refractivity contribution is -0.159. The van der Waals surface area contributed by atoms with Gasteiger partial charge in [0.2, 0.25) is 5.82 Å². The lowest BCUT2D eigenvalue weighted by Crippen LogP contribution is -2.44. The van der Waals surface area contributed by atoms with Crippen molar-refractivity contribution < 1.29 is 40.1 Å². The maximum Gasteiger partial charge on any atom is 0.471 e. The largest absolute Gasteiger partial charge is 0.491 e. The molecule has 1 atom stereocenters. The molecule has 1 N–H and O–H groups in total. The monoisotopic (exact) mass is 585 g/mol. The zero-order valence-corrected chi connectivity index (χ0v) is 22.0. The van der Waals surface area contributed by atoms with Crippen LogP contribution in [0.2, 0.25) is 0 Å². The Morgan fingerprint density at radius 2 is 1.68 bits per heavy atom. The number of amides is 1. The molecule has 0 aliphatic heterocycles. The van der Waals surface area contributed by atoms with E-state index in [1.165, 1.54) is 24.3 Å². The van der Waals surface area contributed by atoms with Crippen LogP contribution in [0.3, 0.4) is 0 Å². The third kappa shape index (κ3) is 7.11. The molecule has 0 saturated carbocycles. The molecule has 0 radical (unpaired) electrons. The molecule has 2 aromatic heterocycles. The van der Waals surface area contributed by atoms with Crippen molar-refractivity contribution in [1.29, 1.82) is 0 Å². The Balaban J connectivity index is 1.30. The quantitative estimate of drug-likeness (QED) is 0.234. The SMILES string of the molecule is O=C(N[C@H](COc1ccc(-c2noc(C(F)(F)F)n2)cc1)CS(=O)(=O)Cc1ccccc1)c1cc2ccccc2o1. The first-order valence-electron chi connectivity index (χ1n) is 12.2. The van der Waals surface area contributed by atoms with Crippen molar-refractivity contribution in [1.82, 2.24) is 15.5 Å². The van der Waals surface area contributed by atoms with Crippen LogP contribution in [0, 0.1) is 0 Å². The van der Waals surface area contributed by atoms with Gasteiger partial charge < -0.3 is 19.0 Å². The Morgan fingerprint density at radius 3 is 2.37 bits per heavy atom. The fraction of sp³-hybridized carbons (Fsp3) is 0.179. The molecule has 2 heterocycles. The van der Waals surface area contributed by atoms with Crippen molar-refractivity contribution in [3.63, 3.8) is 0 Å². The van der Waals surface area contributed by atoms with E-state index in [1.807, 2.05) is 0 Å². The minimum Gasteiger partial charge on any atom is -0.491 e. The Kier molecular flexibility index (Phi) is 7.79. The standard InChI is InChI=1S/C28H22F3N3O6S/c29-28(30,31)27-33-25(34-40-27)19-10-12-22(13-11-19)38-15-21(17-41(36,37)16-18-6-2-1-3-7-18)32-26(35)24-14-20-8-4-5-9-23(20)39-24/h1-14,21H,15-17H2,(H,32,35)/t21-/m1/s1. The summed E-state index contributed by atoms with van der Waals surface area (Å²) in [5.74, 6) is -2.70. The number of sulfone groups is 1. The molecule has 0 saturated heterocycles. The fourth-order valence-electron chi connectivity index (χ4n) is 4.03. The Morgan fingerprint density at radius 1 is 0.976 bits per heavy atom. The molecule has 0 unspecified atom stereocenters. The highest BCUT2D eigenvalue weighted by molar-refractivity contribution is 7.90. The van der Waals surface area contributed by atoms with Crippen LogP contribution in [0.25, 0.3) is 22.4 Å². The van der Waals surface area contributed by atoms with Gasteiger partial charge in [0.05, 0.1) is 17.5 Å². The van der Waals surface area contributed by atoms with E-state index in [-0.39, 0.29) is 35.3 Å². The van der Waals surface area contributed by atoms with E-state index in [2.05, 4.69) is 20.0 Å². The number of furan rings is 1. The van der Waals surface area contributed by atoms with Gasteiger partial charge in [-0.3, -0.25) is 4.79 Å². The number of hydrogen-bond acceptors (Lipinski definition) is 8. The van der Waals surface area contributed by atoms with E-state index in [0.717, 1.165) is 0 Å². The molecular weight excluding hydrogens is 563 g/mol. The van der Waals surface area contributed by atoms with Gasteiger partial charge in [-0.15, -0.1) is 0 Å². The van der Waals surface area contributed by atoms with E-state index in [4.69, 9.17) is 9.15 Å². The molecule has 9 nitrogen and oxygen atoms in total. The van der Waals surface area contributed by atoms with Crippen molar-refractivity contribution in [2.45, 2.75) is 18.0 Å². The van der Waals surface area contributed by atoms with Gasteiger partial charge in [0.1, 0.15) is 17.9 Å². The summed E-state index contributed by atoms with van der Waals surface area (Å²) in [5.41, 5.74) is 1.35. The van der Waals surface area contributed by atoms with E-state index in [0.29, 0.717) is 16.5 Å². The highest BCUT2D eigenvalue weighted by Crippen LogP contribution is 2.30. The number of hydrogen-bond donors (Lipinski definition) is 1. The first-order chi connectivity index (χ1) is 19.6. The Labute approximate surface area is 231 Å². The number of carbonyl (C=O) groups excluding carboxylic acids is 1. The zero-order valence-electron chi connectivity index (χ0n) is 21.2. The zero-order chi connectivity index (χ0) is 29.0. The molecular formula is C28H22F3N3O6S. The number of aromatic nitrogens is 2. The molecule has 0 aliphatic rings. The van der Waals surface area contributed by atoms with Crippen molar-refractivity contribution >= 4 is 26.7 Å². The molecule has 41 heavy (non-hydrogen) atoms. The summed E-state index contributed by atoms with van der Waals surface area (Å²) in [6.45, 7) is -0.222. The number of ether oxygens (including phenoxy) is 1. The minimum atomic E-state index is -4.77. The molecule has 0 spiro atoms. The highest BCUT2D eigenvalue weighted by atomic mass is 32.2. The molecule has 3 aromatic carbocycles. The molecule has 0 bridgehead atoms. The van der Waals surface area contributed by atoms with Gasteiger partial charge in [-0.2, -0.15) is 18.2 Å². The van der Waals surface area contributed by atoms with Gasteiger partial charge in [-0.1, -0.05) is 53.7 Å². The third-order valence-electron chi connectivity index (χ3n) is 5.90. The lowest BCUT2D eigenvalue weighted by atomic mass is 10.2. The number of para-hydroxylation sites is 1. The number of fused-ring (bicyclic) bond motifs is 1. The maximum atomic E-state index is 13.0. The summed E-state index contributed by atoms with van der Waals surface area (Å²) in [5, 5.41) is 6.74. The lowest BCUT2D eigenvalue weighted by Gasteiger charge is -2.19. The Hall–Kier alpha value is -4.65. The van der Waals surface area contributed by atoms with Gasteiger partial charge in [0.25, 0.3) is 5.91 Å². The summed E-state index contributed by atoms with van der Waals surface area (Å²) in [6, 6.07) is 22.0. The predicted molar refractivity (Wildman–Crippen MR) is 142 cm³/mol. The normalized spacial score (nSPS) is 12.8. The Bertz CT molecular complexity index is 1720. The number of rotatable bonds is 10. The van der Waals surface area contributed by atoms with Crippen LogP contribution < -0.4 is 10.1 Å². The summed E-state index contributed by atoms with van der Waals surface area (Å²) in [6.07, 6.45) is -4.77. The average Bonchev–Trinajstić information content (AvgIpc) is 3.60.